The van der Waals surface area contributed by atoms with Crippen LogP contribution in [0.1, 0.15) is 46.1 Å². The highest BCUT2D eigenvalue weighted by Gasteiger charge is 2.26. The maximum absolute atomic E-state index is 12.7. The van der Waals surface area contributed by atoms with Gasteiger partial charge in [0.05, 0.1) is 12.2 Å². The van der Waals surface area contributed by atoms with E-state index in [9.17, 15) is 9.59 Å². The van der Waals surface area contributed by atoms with Gasteiger partial charge in [-0.25, -0.2) is 4.98 Å². The van der Waals surface area contributed by atoms with Crippen LogP contribution in [0.5, 0.6) is 0 Å². The van der Waals surface area contributed by atoms with Crippen molar-refractivity contribution in [3.8, 4) is 0 Å². The van der Waals surface area contributed by atoms with Crippen LogP contribution in [-0.4, -0.2) is 25.1 Å². The highest BCUT2D eigenvalue weighted by molar-refractivity contribution is 5.94. The van der Waals surface area contributed by atoms with E-state index in [2.05, 4.69) is 15.4 Å². The number of hydrogen-bond acceptors (Lipinski definition) is 4. The van der Waals surface area contributed by atoms with E-state index in [0.29, 0.717) is 5.65 Å². The summed E-state index contributed by atoms with van der Waals surface area (Å²) in [6.45, 7) is 1.89. The zero-order valence-corrected chi connectivity index (χ0v) is 14.2. The molecular weight excluding hydrogens is 318 g/mol. The van der Waals surface area contributed by atoms with E-state index in [0.717, 1.165) is 36.1 Å². The molecule has 0 saturated heterocycles. The fourth-order valence-electron chi connectivity index (χ4n) is 3.43. The zero-order valence-electron chi connectivity index (χ0n) is 14.2. The van der Waals surface area contributed by atoms with Gasteiger partial charge in [-0.1, -0.05) is 6.07 Å². The fourth-order valence-corrected chi connectivity index (χ4v) is 3.43. The monoisotopic (exact) mass is 337 g/mol. The van der Waals surface area contributed by atoms with Crippen molar-refractivity contribution in [3.05, 3.63) is 63.5 Å². The summed E-state index contributed by atoms with van der Waals surface area (Å²) >= 11 is 0. The molecule has 0 aromatic carbocycles. The highest BCUT2D eigenvalue weighted by atomic mass is 16.2. The molecule has 128 valence electrons. The molecule has 7 nitrogen and oxygen atoms in total. The molecule has 4 rings (SSSR count). The molecule has 0 radical (unpaired) electrons. The van der Waals surface area contributed by atoms with E-state index in [1.54, 1.807) is 18.5 Å². The summed E-state index contributed by atoms with van der Waals surface area (Å²) in [6, 6.07) is 3.53. The van der Waals surface area contributed by atoms with Crippen molar-refractivity contribution >= 4 is 11.6 Å². The Morgan fingerprint density at radius 3 is 3.00 bits per heavy atom. The van der Waals surface area contributed by atoms with Crippen molar-refractivity contribution in [1.82, 2.24) is 24.5 Å². The Hall–Kier alpha value is -2.96. The molecule has 1 unspecified atom stereocenters. The van der Waals surface area contributed by atoms with E-state index >= 15 is 0 Å². The lowest BCUT2D eigenvalue weighted by Crippen LogP contribution is -2.35. The molecule has 1 amide bonds. The Balaban J connectivity index is 1.67. The van der Waals surface area contributed by atoms with Crippen LogP contribution in [0.3, 0.4) is 0 Å². The highest BCUT2D eigenvalue weighted by Crippen LogP contribution is 2.29. The first-order chi connectivity index (χ1) is 12.0. The minimum absolute atomic E-state index is 0.0547. The molecule has 3 heterocycles. The normalized spacial score (nSPS) is 16.6. The minimum atomic E-state index is -0.393. The minimum Gasteiger partial charge on any atom is -0.345 e. The Morgan fingerprint density at radius 2 is 2.16 bits per heavy atom. The quantitative estimate of drug-likeness (QED) is 0.769. The van der Waals surface area contributed by atoms with Gasteiger partial charge in [0, 0.05) is 30.7 Å². The van der Waals surface area contributed by atoms with Crippen LogP contribution in [0.15, 0.2) is 35.5 Å². The van der Waals surface area contributed by atoms with Gasteiger partial charge in [0.1, 0.15) is 11.2 Å². The van der Waals surface area contributed by atoms with Crippen molar-refractivity contribution in [2.45, 2.75) is 32.2 Å². The molecule has 7 heteroatoms. The zero-order chi connectivity index (χ0) is 17.6. The summed E-state index contributed by atoms with van der Waals surface area (Å²) < 4.78 is 3.27. The molecule has 1 atom stereocenters. The molecule has 1 N–H and O–H groups in total. The first-order valence-electron chi connectivity index (χ1n) is 8.34. The standard InChI is InChI=1S/C18H19N5O2/c1-11-6-7-16-19-8-13(18(25)23(16)10-11)17(24)21-14-4-3-5-15-12(14)9-20-22(15)2/h6-10,14H,3-5H2,1-2H3,(H,21,24). The average molecular weight is 337 g/mol. The number of amides is 1. The number of fused-ring (bicyclic) bond motifs is 2. The van der Waals surface area contributed by atoms with Crippen molar-refractivity contribution in [2.75, 3.05) is 0 Å². The smallest absolute Gasteiger partial charge is 0.270 e. The predicted octanol–water partition coefficient (Wildman–Crippen LogP) is 1.54. The van der Waals surface area contributed by atoms with Gasteiger partial charge < -0.3 is 5.32 Å². The number of nitrogens with one attached hydrogen (secondary N) is 1. The molecule has 0 saturated carbocycles. The van der Waals surface area contributed by atoms with Crippen LogP contribution in [0.4, 0.5) is 0 Å². The Labute approximate surface area is 144 Å². The molecule has 1 aliphatic carbocycles. The molecule has 0 spiro atoms. The molecule has 0 aliphatic heterocycles. The van der Waals surface area contributed by atoms with Crippen LogP contribution >= 0.6 is 0 Å². The summed E-state index contributed by atoms with van der Waals surface area (Å²) in [6.07, 6.45) is 7.63. The molecule has 1 aliphatic rings. The van der Waals surface area contributed by atoms with Crippen LogP contribution in [0.25, 0.3) is 5.65 Å². The molecular formula is C18H19N5O2. The Bertz CT molecular complexity index is 1030. The van der Waals surface area contributed by atoms with Crippen molar-refractivity contribution in [1.29, 1.82) is 0 Å². The SMILES string of the molecule is Cc1ccc2ncc(C(=O)NC3CCCc4c3cnn4C)c(=O)n2c1. The summed E-state index contributed by atoms with van der Waals surface area (Å²) in [5.74, 6) is -0.393. The molecule has 0 bridgehead atoms. The molecule has 3 aromatic rings. The van der Waals surface area contributed by atoms with Crippen LogP contribution in [-0.2, 0) is 13.5 Å². The van der Waals surface area contributed by atoms with Gasteiger partial charge >= 0.3 is 0 Å². The van der Waals surface area contributed by atoms with E-state index in [4.69, 9.17) is 0 Å². The maximum Gasteiger partial charge on any atom is 0.270 e. The van der Waals surface area contributed by atoms with Gasteiger partial charge in [-0.15, -0.1) is 0 Å². The number of pyridine rings is 1. The Kier molecular flexibility index (Phi) is 3.63. The molecule has 25 heavy (non-hydrogen) atoms. The van der Waals surface area contributed by atoms with Gasteiger partial charge in [-0.05, 0) is 37.8 Å². The first kappa shape index (κ1) is 15.6. The van der Waals surface area contributed by atoms with Gasteiger partial charge in [0.25, 0.3) is 11.5 Å². The van der Waals surface area contributed by atoms with Gasteiger partial charge in [-0.3, -0.25) is 18.7 Å². The number of carbonyl (C=O) groups excluding carboxylic acids is 1. The third-order valence-corrected chi connectivity index (χ3v) is 4.78. The number of aromatic nitrogens is 4. The number of rotatable bonds is 2. The van der Waals surface area contributed by atoms with Gasteiger partial charge in [0.15, 0.2) is 0 Å². The number of nitrogens with zero attached hydrogens (tertiary/aromatic N) is 4. The largest absolute Gasteiger partial charge is 0.345 e. The topological polar surface area (TPSA) is 81.3 Å². The van der Waals surface area contributed by atoms with E-state index in [-0.39, 0.29) is 17.2 Å². The second-order valence-corrected chi connectivity index (χ2v) is 6.50. The lowest BCUT2D eigenvalue weighted by Gasteiger charge is -2.23. The van der Waals surface area contributed by atoms with E-state index < -0.39 is 5.91 Å². The van der Waals surface area contributed by atoms with Gasteiger partial charge in [-0.2, -0.15) is 5.10 Å². The lowest BCUT2D eigenvalue weighted by atomic mass is 9.93. The van der Waals surface area contributed by atoms with Crippen LogP contribution in [0.2, 0.25) is 0 Å². The van der Waals surface area contributed by atoms with E-state index in [1.807, 2.05) is 24.7 Å². The summed E-state index contributed by atoms with van der Waals surface area (Å²) in [5, 5.41) is 7.26. The molecule has 3 aromatic heterocycles. The number of hydrogen-bond donors (Lipinski definition) is 1. The van der Waals surface area contributed by atoms with Crippen LogP contribution in [0, 0.1) is 6.92 Å². The van der Waals surface area contributed by atoms with Crippen molar-refractivity contribution < 1.29 is 4.79 Å². The third kappa shape index (κ3) is 2.61. The van der Waals surface area contributed by atoms with Crippen molar-refractivity contribution in [3.63, 3.8) is 0 Å². The number of aryl methyl sites for hydroxylation is 2. The second-order valence-electron chi connectivity index (χ2n) is 6.50. The fraction of sp³-hybridized carbons (Fsp3) is 0.333. The lowest BCUT2D eigenvalue weighted by molar-refractivity contribution is 0.0930. The summed E-state index contributed by atoms with van der Waals surface area (Å²) in [7, 11) is 1.91. The number of carbonyl (C=O) groups is 1. The van der Waals surface area contributed by atoms with Crippen LogP contribution < -0.4 is 10.9 Å². The second kappa shape index (κ2) is 5.84. The first-order valence-corrected chi connectivity index (χ1v) is 8.34. The van der Waals surface area contributed by atoms with Crippen molar-refractivity contribution in [2.24, 2.45) is 7.05 Å². The predicted molar refractivity (Wildman–Crippen MR) is 92.6 cm³/mol. The third-order valence-electron chi connectivity index (χ3n) is 4.78. The average Bonchev–Trinajstić information content (AvgIpc) is 2.98. The summed E-state index contributed by atoms with van der Waals surface area (Å²) in [4.78, 5) is 29.6. The molecule has 0 fully saturated rings. The van der Waals surface area contributed by atoms with Gasteiger partial charge in [0.2, 0.25) is 0 Å². The maximum atomic E-state index is 12.7. The summed E-state index contributed by atoms with van der Waals surface area (Å²) in [5.41, 5.74) is 3.33. The van der Waals surface area contributed by atoms with E-state index in [1.165, 1.54) is 10.6 Å². The Morgan fingerprint density at radius 1 is 1.32 bits per heavy atom.